The molecular weight excluding hydrogens is 391 g/mol. The smallest absolute Gasteiger partial charge is 0.321 e. The van der Waals surface area contributed by atoms with Gasteiger partial charge in [0.25, 0.3) is 5.91 Å². The maximum atomic E-state index is 13.3. The van der Waals surface area contributed by atoms with E-state index in [-0.39, 0.29) is 23.9 Å². The zero-order valence-electron chi connectivity index (χ0n) is 16.4. The minimum absolute atomic E-state index is 0.139. The number of amides is 3. The van der Waals surface area contributed by atoms with Crippen LogP contribution in [0.25, 0.3) is 0 Å². The van der Waals surface area contributed by atoms with Crippen LogP contribution in [0.1, 0.15) is 16.8 Å². The number of carbonyl (C=O) groups excluding carboxylic acids is 2. The second kappa shape index (κ2) is 9.08. The van der Waals surface area contributed by atoms with Crippen molar-refractivity contribution in [1.82, 2.24) is 14.8 Å². The Hall–Kier alpha value is -3.20. The number of urea groups is 1. The number of ether oxygens (including phenoxy) is 2. The molecule has 2 aliphatic heterocycles. The Labute approximate surface area is 173 Å². The zero-order chi connectivity index (χ0) is 20.9. The van der Waals surface area contributed by atoms with Gasteiger partial charge in [-0.1, -0.05) is 6.07 Å². The summed E-state index contributed by atoms with van der Waals surface area (Å²) in [6.45, 7) is 2.93. The van der Waals surface area contributed by atoms with Crippen molar-refractivity contribution < 1.29 is 23.5 Å². The summed E-state index contributed by atoms with van der Waals surface area (Å²) in [7, 11) is 0. The molecule has 8 nitrogen and oxygen atoms in total. The van der Waals surface area contributed by atoms with Crippen LogP contribution in [0.3, 0.4) is 0 Å². The Balaban J connectivity index is 1.37. The number of hydrogen-bond donors (Lipinski definition) is 1. The number of rotatable bonds is 4. The maximum Gasteiger partial charge on any atom is 0.321 e. The van der Waals surface area contributed by atoms with E-state index in [0.717, 1.165) is 0 Å². The van der Waals surface area contributed by atoms with Crippen molar-refractivity contribution in [2.24, 2.45) is 0 Å². The molecule has 30 heavy (non-hydrogen) atoms. The number of benzene rings is 1. The Morgan fingerprint density at radius 3 is 2.77 bits per heavy atom. The van der Waals surface area contributed by atoms with E-state index in [0.29, 0.717) is 57.1 Å². The number of carbonyl (C=O) groups is 2. The molecule has 3 heterocycles. The van der Waals surface area contributed by atoms with Crippen LogP contribution >= 0.6 is 0 Å². The maximum absolute atomic E-state index is 13.3. The van der Waals surface area contributed by atoms with E-state index in [1.54, 1.807) is 34.2 Å². The lowest BCUT2D eigenvalue weighted by Crippen LogP contribution is -2.41. The normalized spacial score (nSPS) is 18.9. The first-order valence-corrected chi connectivity index (χ1v) is 9.90. The summed E-state index contributed by atoms with van der Waals surface area (Å²) in [5, 5.41) is 2.68. The molecule has 3 amide bonds. The summed E-state index contributed by atoms with van der Waals surface area (Å²) in [6, 6.07) is 8.82. The third-order valence-corrected chi connectivity index (χ3v) is 5.09. The van der Waals surface area contributed by atoms with E-state index in [2.05, 4.69) is 10.3 Å². The Morgan fingerprint density at radius 1 is 1.13 bits per heavy atom. The molecular formula is C21H23FN4O4. The highest BCUT2D eigenvalue weighted by Gasteiger charge is 2.30. The number of likely N-dealkylation sites (tertiary alicyclic amines) is 1. The highest BCUT2D eigenvalue weighted by atomic mass is 19.1. The van der Waals surface area contributed by atoms with Gasteiger partial charge in [0, 0.05) is 37.9 Å². The van der Waals surface area contributed by atoms with Gasteiger partial charge in [-0.25, -0.2) is 14.2 Å². The van der Waals surface area contributed by atoms with Gasteiger partial charge in [0.2, 0.25) is 5.88 Å². The lowest BCUT2D eigenvalue weighted by molar-refractivity contribution is 0.0298. The van der Waals surface area contributed by atoms with Gasteiger partial charge in [0.05, 0.1) is 19.8 Å². The van der Waals surface area contributed by atoms with Gasteiger partial charge in [0.1, 0.15) is 17.5 Å². The number of halogens is 1. The van der Waals surface area contributed by atoms with Gasteiger partial charge in [-0.2, -0.15) is 0 Å². The number of pyridine rings is 1. The fourth-order valence-electron chi connectivity index (χ4n) is 3.52. The standard InChI is InChI=1S/C21H23FN4O4/c22-15-3-1-4-16(13-15)24-21(28)26-8-6-17(14-26)30-19-18(5-2-7-23-19)20(27)25-9-11-29-12-10-25/h1-5,7,13,17H,6,8-12,14H2,(H,24,28). The zero-order valence-corrected chi connectivity index (χ0v) is 16.4. The average Bonchev–Trinajstić information content (AvgIpc) is 3.23. The van der Waals surface area contributed by atoms with Gasteiger partial charge in [0.15, 0.2) is 0 Å². The lowest BCUT2D eigenvalue weighted by atomic mass is 10.2. The van der Waals surface area contributed by atoms with Gasteiger partial charge in [-0.05, 0) is 30.3 Å². The molecule has 2 saturated heterocycles. The third kappa shape index (κ3) is 4.68. The van der Waals surface area contributed by atoms with Crippen LogP contribution in [0.4, 0.5) is 14.9 Å². The van der Waals surface area contributed by atoms with E-state index in [1.807, 2.05) is 0 Å². The monoisotopic (exact) mass is 414 g/mol. The summed E-state index contributed by atoms with van der Waals surface area (Å²) in [5.41, 5.74) is 0.801. The Kier molecular flexibility index (Phi) is 6.08. The number of hydrogen-bond acceptors (Lipinski definition) is 5. The van der Waals surface area contributed by atoms with Crippen molar-refractivity contribution in [2.75, 3.05) is 44.7 Å². The fraction of sp³-hybridized carbons (Fsp3) is 0.381. The molecule has 0 bridgehead atoms. The first-order chi connectivity index (χ1) is 14.6. The molecule has 0 aliphatic carbocycles. The quantitative estimate of drug-likeness (QED) is 0.831. The molecule has 0 spiro atoms. The number of morpholine rings is 1. The molecule has 0 saturated carbocycles. The van der Waals surface area contributed by atoms with Crippen molar-refractivity contribution in [2.45, 2.75) is 12.5 Å². The van der Waals surface area contributed by atoms with Crippen LogP contribution < -0.4 is 10.1 Å². The van der Waals surface area contributed by atoms with Gasteiger partial charge >= 0.3 is 6.03 Å². The molecule has 2 aliphatic rings. The Bertz CT molecular complexity index is 919. The summed E-state index contributed by atoms with van der Waals surface area (Å²) >= 11 is 0. The van der Waals surface area contributed by atoms with Crippen molar-refractivity contribution in [3.63, 3.8) is 0 Å². The van der Waals surface area contributed by atoms with E-state index < -0.39 is 5.82 Å². The molecule has 2 fully saturated rings. The SMILES string of the molecule is O=C(Nc1cccc(F)c1)N1CCC(Oc2ncccc2C(=O)N2CCOCC2)C1. The minimum atomic E-state index is -0.414. The van der Waals surface area contributed by atoms with Crippen molar-refractivity contribution in [3.8, 4) is 5.88 Å². The van der Waals surface area contributed by atoms with Crippen LogP contribution in [-0.4, -0.2) is 72.2 Å². The molecule has 1 N–H and O–H groups in total. The Morgan fingerprint density at radius 2 is 1.97 bits per heavy atom. The van der Waals surface area contributed by atoms with E-state index in [9.17, 15) is 14.0 Å². The van der Waals surface area contributed by atoms with Crippen LogP contribution in [0.2, 0.25) is 0 Å². The first kappa shape index (κ1) is 20.1. The van der Waals surface area contributed by atoms with E-state index in [4.69, 9.17) is 9.47 Å². The summed E-state index contributed by atoms with van der Waals surface area (Å²) in [6.07, 6.45) is 1.90. The average molecular weight is 414 g/mol. The molecule has 1 unspecified atom stereocenters. The van der Waals surface area contributed by atoms with Gasteiger partial charge in [-0.3, -0.25) is 4.79 Å². The molecule has 1 aromatic heterocycles. The second-order valence-corrected chi connectivity index (χ2v) is 7.18. The molecule has 1 atom stereocenters. The van der Waals surface area contributed by atoms with E-state index in [1.165, 1.54) is 18.2 Å². The fourth-order valence-corrected chi connectivity index (χ4v) is 3.52. The third-order valence-electron chi connectivity index (χ3n) is 5.09. The van der Waals surface area contributed by atoms with Crippen LogP contribution in [0, 0.1) is 5.82 Å². The second-order valence-electron chi connectivity index (χ2n) is 7.18. The van der Waals surface area contributed by atoms with Gasteiger partial charge in [-0.15, -0.1) is 0 Å². The molecule has 2 aromatic rings. The molecule has 4 rings (SSSR count). The van der Waals surface area contributed by atoms with Crippen molar-refractivity contribution in [3.05, 3.63) is 54.0 Å². The number of nitrogens with one attached hydrogen (secondary N) is 1. The predicted molar refractivity (Wildman–Crippen MR) is 107 cm³/mol. The summed E-state index contributed by atoms with van der Waals surface area (Å²) in [5.74, 6) is -0.283. The van der Waals surface area contributed by atoms with Crippen molar-refractivity contribution in [1.29, 1.82) is 0 Å². The number of aromatic nitrogens is 1. The minimum Gasteiger partial charge on any atom is -0.472 e. The molecule has 1 aromatic carbocycles. The first-order valence-electron chi connectivity index (χ1n) is 9.90. The van der Waals surface area contributed by atoms with Crippen LogP contribution in [-0.2, 0) is 4.74 Å². The topological polar surface area (TPSA) is 84.0 Å². The largest absolute Gasteiger partial charge is 0.472 e. The van der Waals surface area contributed by atoms with Crippen molar-refractivity contribution >= 4 is 17.6 Å². The summed E-state index contributed by atoms with van der Waals surface area (Å²) < 4.78 is 24.6. The highest BCUT2D eigenvalue weighted by molar-refractivity contribution is 5.96. The van der Waals surface area contributed by atoms with Crippen LogP contribution in [0.5, 0.6) is 5.88 Å². The van der Waals surface area contributed by atoms with E-state index >= 15 is 0 Å². The summed E-state index contributed by atoms with van der Waals surface area (Å²) in [4.78, 5) is 32.9. The highest BCUT2D eigenvalue weighted by Crippen LogP contribution is 2.23. The number of nitrogens with zero attached hydrogens (tertiary/aromatic N) is 3. The molecule has 9 heteroatoms. The van der Waals surface area contributed by atoms with Gasteiger partial charge < -0.3 is 24.6 Å². The predicted octanol–water partition coefficient (Wildman–Crippen LogP) is 2.38. The number of anilines is 1. The lowest BCUT2D eigenvalue weighted by Gasteiger charge is -2.27. The molecule has 0 radical (unpaired) electrons. The molecule has 158 valence electrons. The van der Waals surface area contributed by atoms with Crippen LogP contribution in [0.15, 0.2) is 42.6 Å².